The quantitative estimate of drug-likeness (QED) is 0.794. The van der Waals surface area contributed by atoms with Crippen molar-refractivity contribution in [3.8, 4) is 11.5 Å². The highest BCUT2D eigenvalue weighted by Gasteiger charge is 2.27. The number of ether oxygens (including phenoxy) is 3. The summed E-state index contributed by atoms with van der Waals surface area (Å²) in [5.41, 5.74) is 2.39. The highest BCUT2D eigenvalue weighted by Crippen LogP contribution is 2.40. The zero-order valence-electron chi connectivity index (χ0n) is 11.0. The molecule has 0 N–H and O–H groups in total. The molecular weight excluding hydrogens is 296 g/mol. The van der Waals surface area contributed by atoms with E-state index in [1.165, 1.54) is 11.1 Å². The van der Waals surface area contributed by atoms with Gasteiger partial charge in [0.15, 0.2) is 11.5 Å². The molecule has 0 saturated carbocycles. The van der Waals surface area contributed by atoms with Gasteiger partial charge < -0.3 is 14.2 Å². The summed E-state index contributed by atoms with van der Waals surface area (Å²) in [5.74, 6) is 1.53. The maximum atomic E-state index is 5.74. The zero-order valence-corrected chi connectivity index (χ0v) is 12.6. The fourth-order valence-electron chi connectivity index (χ4n) is 2.33. The predicted octanol–water partition coefficient (Wildman–Crippen LogP) is 3.63. The Morgan fingerprint density at radius 2 is 1.94 bits per heavy atom. The monoisotopic (exact) mass is 314 g/mol. The molecule has 0 aromatic heterocycles. The number of halogens is 1. The van der Waals surface area contributed by atoms with Gasteiger partial charge in [0.05, 0.1) is 25.2 Å². The van der Waals surface area contributed by atoms with E-state index in [2.05, 4.69) is 22.9 Å². The molecule has 2 rings (SSSR count). The summed E-state index contributed by atoms with van der Waals surface area (Å²) in [6.07, 6.45) is 2.49. The Balaban J connectivity index is 2.31. The maximum Gasteiger partial charge on any atom is 0.161 e. The Kier molecular flexibility index (Phi) is 4.51. The molecule has 2 atom stereocenters. The number of alkyl halides is 1. The zero-order chi connectivity index (χ0) is 13.1. The highest BCUT2D eigenvalue weighted by atomic mass is 79.9. The summed E-state index contributed by atoms with van der Waals surface area (Å²) < 4.78 is 16.4. The van der Waals surface area contributed by atoms with Crippen LogP contribution in [0, 0.1) is 6.92 Å². The normalized spacial score (nSPS) is 20.8. The van der Waals surface area contributed by atoms with Crippen molar-refractivity contribution in [1.82, 2.24) is 0 Å². The van der Waals surface area contributed by atoms with Gasteiger partial charge in [-0.2, -0.15) is 0 Å². The Hall–Kier alpha value is -0.740. The second kappa shape index (κ2) is 5.93. The van der Waals surface area contributed by atoms with E-state index >= 15 is 0 Å². The van der Waals surface area contributed by atoms with Crippen LogP contribution in [-0.2, 0) is 4.74 Å². The average molecular weight is 315 g/mol. The third kappa shape index (κ3) is 2.64. The Labute approximate surface area is 117 Å². The lowest BCUT2D eigenvalue weighted by molar-refractivity contribution is 0.110. The molecule has 0 aliphatic carbocycles. The van der Waals surface area contributed by atoms with E-state index in [9.17, 15) is 0 Å². The topological polar surface area (TPSA) is 27.7 Å². The van der Waals surface area contributed by atoms with Crippen molar-refractivity contribution in [2.24, 2.45) is 0 Å². The lowest BCUT2D eigenvalue weighted by Crippen LogP contribution is -2.13. The molecular formula is C14H19BrO3. The molecule has 3 nitrogen and oxygen atoms in total. The van der Waals surface area contributed by atoms with Gasteiger partial charge in [-0.3, -0.25) is 0 Å². The standard InChI is InChI=1S/C14H19BrO3/c1-9-7-12(16-2)13(17-3)8-10(9)14(15)11-5-4-6-18-11/h7-8,11,14H,4-6H2,1-3H3. The first-order valence-electron chi connectivity index (χ1n) is 6.15. The molecule has 18 heavy (non-hydrogen) atoms. The lowest BCUT2D eigenvalue weighted by atomic mass is 10.00. The summed E-state index contributed by atoms with van der Waals surface area (Å²) in [6, 6.07) is 4.05. The molecule has 4 heteroatoms. The number of rotatable bonds is 4. The smallest absolute Gasteiger partial charge is 0.161 e. The second-order valence-corrected chi connectivity index (χ2v) is 5.50. The van der Waals surface area contributed by atoms with Crippen LogP contribution in [-0.4, -0.2) is 26.9 Å². The van der Waals surface area contributed by atoms with E-state index in [-0.39, 0.29) is 10.9 Å². The van der Waals surface area contributed by atoms with Crippen molar-refractivity contribution in [2.45, 2.75) is 30.7 Å². The van der Waals surface area contributed by atoms with Crippen LogP contribution in [0.1, 0.15) is 28.8 Å². The van der Waals surface area contributed by atoms with E-state index < -0.39 is 0 Å². The van der Waals surface area contributed by atoms with Crippen LogP contribution in [0.15, 0.2) is 12.1 Å². The molecule has 2 unspecified atom stereocenters. The minimum atomic E-state index is 0.208. The van der Waals surface area contributed by atoms with Gasteiger partial charge >= 0.3 is 0 Å². The molecule has 1 fully saturated rings. The fraction of sp³-hybridized carbons (Fsp3) is 0.571. The van der Waals surface area contributed by atoms with Gasteiger partial charge in [0.25, 0.3) is 0 Å². The van der Waals surface area contributed by atoms with Crippen LogP contribution in [0.5, 0.6) is 11.5 Å². The molecule has 1 aliphatic rings. The Morgan fingerprint density at radius 1 is 1.28 bits per heavy atom. The second-order valence-electron chi connectivity index (χ2n) is 4.52. The summed E-state index contributed by atoms with van der Waals surface area (Å²) in [4.78, 5) is 0.208. The van der Waals surface area contributed by atoms with Crippen LogP contribution in [0.25, 0.3) is 0 Å². The first-order chi connectivity index (χ1) is 8.67. The molecule has 0 bridgehead atoms. The van der Waals surface area contributed by atoms with Gasteiger partial charge in [-0.25, -0.2) is 0 Å². The summed E-state index contributed by atoms with van der Waals surface area (Å²) in [5, 5.41) is 0. The van der Waals surface area contributed by atoms with Gasteiger partial charge in [0, 0.05) is 6.61 Å². The van der Waals surface area contributed by atoms with E-state index in [4.69, 9.17) is 14.2 Å². The summed E-state index contributed by atoms with van der Waals surface area (Å²) >= 11 is 3.75. The maximum absolute atomic E-state index is 5.74. The minimum absolute atomic E-state index is 0.208. The summed E-state index contributed by atoms with van der Waals surface area (Å²) in [6.45, 7) is 2.94. The van der Waals surface area contributed by atoms with Gasteiger partial charge in [-0.1, -0.05) is 15.9 Å². The van der Waals surface area contributed by atoms with Gasteiger partial charge in [0.2, 0.25) is 0 Å². The lowest BCUT2D eigenvalue weighted by Gasteiger charge is -2.21. The number of methoxy groups -OCH3 is 2. The average Bonchev–Trinajstić information content (AvgIpc) is 2.91. The molecule has 1 aromatic rings. The number of benzene rings is 1. The van der Waals surface area contributed by atoms with Gasteiger partial charge in [-0.05, 0) is 43.0 Å². The van der Waals surface area contributed by atoms with Crippen LogP contribution in [0.3, 0.4) is 0 Å². The van der Waals surface area contributed by atoms with Crippen molar-refractivity contribution in [1.29, 1.82) is 0 Å². The Bertz CT molecular complexity index is 414. The van der Waals surface area contributed by atoms with Crippen molar-refractivity contribution < 1.29 is 14.2 Å². The first-order valence-corrected chi connectivity index (χ1v) is 7.07. The SMILES string of the molecule is COc1cc(C)c(C(Br)C2CCCO2)cc1OC. The first kappa shape index (κ1) is 13.7. The molecule has 0 spiro atoms. The number of hydrogen-bond donors (Lipinski definition) is 0. The third-order valence-corrected chi connectivity index (χ3v) is 4.44. The molecule has 1 heterocycles. The van der Waals surface area contributed by atoms with Crippen molar-refractivity contribution in [2.75, 3.05) is 20.8 Å². The number of hydrogen-bond acceptors (Lipinski definition) is 3. The largest absolute Gasteiger partial charge is 0.493 e. The molecule has 0 amide bonds. The summed E-state index contributed by atoms with van der Waals surface area (Å²) in [7, 11) is 3.31. The van der Waals surface area contributed by atoms with Crippen LogP contribution in [0.4, 0.5) is 0 Å². The van der Waals surface area contributed by atoms with Crippen LogP contribution < -0.4 is 9.47 Å². The number of aryl methyl sites for hydroxylation is 1. The van der Waals surface area contributed by atoms with Crippen molar-refractivity contribution >= 4 is 15.9 Å². The molecule has 1 aliphatic heterocycles. The minimum Gasteiger partial charge on any atom is -0.493 e. The Morgan fingerprint density at radius 3 is 2.50 bits per heavy atom. The molecule has 100 valence electrons. The fourth-order valence-corrected chi connectivity index (χ4v) is 3.24. The van der Waals surface area contributed by atoms with E-state index in [1.54, 1.807) is 14.2 Å². The third-order valence-electron chi connectivity index (χ3n) is 3.36. The van der Waals surface area contributed by atoms with Crippen molar-refractivity contribution in [3.63, 3.8) is 0 Å². The van der Waals surface area contributed by atoms with Crippen molar-refractivity contribution in [3.05, 3.63) is 23.3 Å². The molecule has 1 saturated heterocycles. The van der Waals surface area contributed by atoms with Gasteiger partial charge in [-0.15, -0.1) is 0 Å². The van der Waals surface area contributed by atoms with E-state index in [0.29, 0.717) is 0 Å². The predicted molar refractivity (Wildman–Crippen MR) is 74.9 cm³/mol. The van der Waals surface area contributed by atoms with Crippen LogP contribution >= 0.6 is 15.9 Å². The molecule has 1 aromatic carbocycles. The highest BCUT2D eigenvalue weighted by molar-refractivity contribution is 9.09. The van der Waals surface area contributed by atoms with Crippen LogP contribution in [0.2, 0.25) is 0 Å². The molecule has 0 radical (unpaired) electrons. The van der Waals surface area contributed by atoms with E-state index in [0.717, 1.165) is 30.9 Å². The van der Waals surface area contributed by atoms with Gasteiger partial charge in [0.1, 0.15) is 0 Å². The van der Waals surface area contributed by atoms with E-state index in [1.807, 2.05) is 12.1 Å².